The molecule has 0 spiro atoms. The molecule has 0 aliphatic rings. The summed E-state index contributed by atoms with van der Waals surface area (Å²) in [5.41, 5.74) is 5.47. The Morgan fingerprint density at radius 3 is 2.50 bits per heavy atom. The van der Waals surface area contributed by atoms with Crippen LogP contribution in [-0.2, 0) is 9.59 Å². The molecule has 0 aromatic rings. The number of thiocarbonyl (C=S) groups is 1. The molecule has 0 radical (unpaired) electrons. The maximum absolute atomic E-state index is 11.6. The molecule has 16 heavy (non-hydrogen) atoms. The molecule has 0 fully saturated rings. The molecule has 2 amide bonds. The van der Waals surface area contributed by atoms with Crippen molar-refractivity contribution < 1.29 is 9.59 Å². The van der Waals surface area contributed by atoms with Crippen LogP contribution in [0, 0.1) is 5.92 Å². The SMILES string of the molecule is CCCC(C(=O)NCCC(=O)NC)C(N)=S. The van der Waals surface area contributed by atoms with E-state index in [-0.39, 0.29) is 23.2 Å². The lowest BCUT2D eigenvalue weighted by atomic mass is 10.0. The van der Waals surface area contributed by atoms with Crippen LogP contribution in [0.5, 0.6) is 0 Å². The predicted molar refractivity (Wildman–Crippen MR) is 66.9 cm³/mol. The third kappa shape index (κ3) is 5.65. The lowest BCUT2D eigenvalue weighted by Crippen LogP contribution is -2.39. The zero-order chi connectivity index (χ0) is 12.6. The second-order valence-electron chi connectivity index (χ2n) is 3.46. The summed E-state index contributed by atoms with van der Waals surface area (Å²) in [6.07, 6.45) is 1.74. The highest BCUT2D eigenvalue weighted by atomic mass is 32.1. The lowest BCUT2D eigenvalue weighted by molar-refractivity contribution is -0.123. The van der Waals surface area contributed by atoms with E-state index < -0.39 is 5.92 Å². The van der Waals surface area contributed by atoms with Crippen molar-refractivity contribution in [3.05, 3.63) is 0 Å². The lowest BCUT2D eigenvalue weighted by Gasteiger charge is -2.14. The summed E-state index contributed by atoms with van der Waals surface area (Å²) in [4.78, 5) is 22.8. The summed E-state index contributed by atoms with van der Waals surface area (Å²) < 4.78 is 0. The highest BCUT2D eigenvalue weighted by molar-refractivity contribution is 7.80. The van der Waals surface area contributed by atoms with E-state index in [4.69, 9.17) is 18.0 Å². The predicted octanol–water partition coefficient (Wildman–Crippen LogP) is -0.0589. The van der Waals surface area contributed by atoms with Crippen LogP contribution in [0.2, 0.25) is 0 Å². The minimum absolute atomic E-state index is 0.109. The average molecular weight is 245 g/mol. The number of rotatable bonds is 7. The maximum Gasteiger partial charge on any atom is 0.229 e. The zero-order valence-electron chi connectivity index (χ0n) is 9.71. The molecule has 5 nitrogen and oxygen atoms in total. The van der Waals surface area contributed by atoms with Crippen molar-refractivity contribution in [3.63, 3.8) is 0 Å². The van der Waals surface area contributed by atoms with Crippen LogP contribution < -0.4 is 16.4 Å². The molecule has 0 aliphatic carbocycles. The normalized spacial score (nSPS) is 11.6. The first-order chi connectivity index (χ1) is 7.52. The molecule has 0 saturated carbocycles. The monoisotopic (exact) mass is 245 g/mol. The van der Waals surface area contributed by atoms with E-state index >= 15 is 0 Å². The molecular weight excluding hydrogens is 226 g/mol. The maximum atomic E-state index is 11.6. The summed E-state index contributed by atoms with van der Waals surface area (Å²) in [6.45, 7) is 2.27. The zero-order valence-corrected chi connectivity index (χ0v) is 10.5. The van der Waals surface area contributed by atoms with Crippen LogP contribution in [0.25, 0.3) is 0 Å². The van der Waals surface area contributed by atoms with Gasteiger partial charge >= 0.3 is 0 Å². The van der Waals surface area contributed by atoms with Gasteiger partial charge in [-0.15, -0.1) is 0 Å². The molecule has 0 aromatic carbocycles. The van der Waals surface area contributed by atoms with Crippen molar-refractivity contribution >= 4 is 29.0 Å². The highest BCUT2D eigenvalue weighted by Gasteiger charge is 2.19. The van der Waals surface area contributed by atoms with E-state index in [1.807, 2.05) is 6.92 Å². The third-order valence-electron chi connectivity index (χ3n) is 2.17. The Morgan fingerprint density at radius 2 is 2.06 bits per heavy atom. The number of carbonyl (C=O) groups is 2. The first-order valence-electron chi connectivity index (χ1n) is 5.30. The third-order valence-corrected chi connectivity index (χ3v) is 2.45. The Hall–Kier alpha value is -1.17. The molecule has 92 valence electrons. The Balaban J connectivity index is 4.01. The number of hydrogen-bond donors (Lipinski definition) is 3. The summed E-state index contributed by atoms with van der Waals surface area (Å²) in [6, 6.07) is 0. The summed E-state index contributed by atoms with van der Waals surface area (Å²) in [5.74, 6) is -0.731. The van der Waals surface area contributed by atoms with Crippen molar-refractivity contribution in [3.8, 4) is 0 Å². The van der Waals surface area contributed by atoms with Crippen LogP contribution in [-0.4, -0.2) is 30.4 Å². The van der Waals surface area contributed by atoms with Crippen molar-refractivity contribution in [1.82, 2.24) is 10.6 Å². The van der Waals surface area contributed by atoms with Crippen molar-refractivity contribution in [1.29, 1.82) is 0 Å². The molecule has 1 unspecified atom stereocenters. The standard InChI is InChI=1S/C10H19N3O2S/c1-3-4-7(9(11)16)10(15)13-6-5-8(14)12-2/h7H,3-6H2,1-2H3,(H2,11,16)(H,12,14)(H,13,15). The molecule has 0 aromatic heterocycles. The molecule has 0 bridgehead atoms. The quantitative estimate of drug-likeness (QED) is 0.549. The Kier molecular flexibility index (Phi) is 7.45. The minimum atomic E-state index is -0.426. The van der Waals surface area contributed by atoms with Gasteiger partial charge in [-0.2, -0.15) is 0 Å². The largest absolute Gasteiger partial charge is 0.393 e. The fourth-order valence-electron chi connectivity index (χ4n) is 1.24. The van der Waals surface area contributed by atoms with Crippen LogP contribution in [0.4, 0.5) is 0 Å². The molecule has 0 heterocycles. The van der Waals surface area contributed by atoms with Gasteiger partial charge in [0.1, 0.15) is 0 Å². The van der Waals surface area contributed by atoms with Crippen LogP contribution in [0.1, 0.15) is 26.2 Å². The first-order valence-corrected chi connectivity index (χ1v) is 5.71. The van der Waals surface area contributed by atoms with Gasteiger partial charge in [-0.3, -0.25) is 9.59 Å². The number of amides is 2. The number of nitrogens with one attached hydrogen (secondary N) is 2. The fourth-order valence-corrected chi connectivity index (χ4v) is 1.46. The van der Waals surface area contributed by atoms with Crippen molar-refractivity contribution in [2.45, 2.75) is 26.2 Å². The van der Waals surface area contributed by atoms with Gasteiger partial charge < -0.3 is 16.4 Å². The van der Waals surface area contributed by atoms with Gasteiger partial charge in [0.25, 0.3) is 0 Å². The molecule has 4 N–H and O–H groups in total. The van der Waals surface area contributed by atoms with Crippen LogP contribution in [0.3, 0.4) is 0 Å². The molecule has 0 saturated heterocycles. The Labute approximate surface area is 101 Å². The van der Waals surface area contributed by atoms with E-state index in [1.165, 1.54) is 0 Å². The molecule has 1 atom stereocenters. The highest BCUT2D eigenvalue weighted by Crippen LogP contribution is 2.06. The van der Waals surface area contributed by atoms with Gasteiger partial charge in [-0.1, -0.05) is 25.6 Å². The molecule has 0 aliphatic heterocycles. The van der Waals surface area contributed by atoms with Crippen molar-refractivity contribution in [2.75, 3.05) is 13.6 Å². The molecule has 6 heteroatoms. The summed E-state index contributed by atoms with van der Waals surface area (Å²) in [7, 11) is 1.55. The summed E-state index contributed by atoms with van der Waals surface area (Å²) >= 11 is 4.82. The second-order valence-corrected chi connectivity index (χ2v) is 3.93. The van der Waals surface area contributed by atoms with E-state index in [0.717, 1.165) is 6.42 Å². The Morgan fingerprint density at radius 1 is 1.44 bits per heavy atom. The van der Waals surface area contributed by atoms with Gasteiger partial charge in [0.2, 0.25) is 11.8 Å². The number of carbonyl (C=O) groups excluding carboxylic acids is 2. The van der Waals surface area contributed by atoms with E-state index in [1.54, 1.807) is 7.05 Å². The van der Waals surface area contributed by atoms with Gasteiger partial charge in [-0.05, 0) is 6.42 Å². The van der Waals surface area contributed by atoms with Gasteiger partial charge in [0, 0.05) is 20.0 Å². The van der Waals surface area contributed by atoms with E-state index in [9.17, 15) is 9.59 Å². The number of nitrogens with two attached hydrogens (primary N) is 1. The van der Waals surface area contributed by atoms with Crippen LogP contribution >= 0.6 is 12.2 Å². The second kappa shape index (κ2) is 8.04. The smallest absolute Gasteiger partial charge is 0.229 e. The van der Waals surface area contributed by atoms with Crippen molar-refractivity contribution in [2.24, 2.45) is 11.7 Å². The van der Waals surface area contributed by atoms with Gasteiger partial charge in [0.15, 0.2) is 0 Å². The Bertz CT molecular complexity index is 269. The first kappa shape index (κ1) is 14.8. The minimum Gasteiger partial charge on any atom is -0.393 e. The molecular formula is C10H19N3O2S. The number of hydrogen-bond acceptors (Lipinski definition) is 3. The van der Waals surface area contributed by atoms with Gasteiger partial charge in [0.05, 0.1) is 10.9 Å². The van der Waals surface area contributed by atoms with Gasteiger partial charge in [-0.25, -0.2) is 0 Å². The molecule has 0 rings (SSSR count). The van der Waals surface area contributed by atoms with E-state index in [2.05, 4.69) is 10.6 Å². The van der Waals surface area contributed by atoms with Crippen LogP contribution in [0.15, 0.2) is 0 Å². The van der Waals surface area contributed by atoms with E-state index in [0.29, 0.717) is 13.0 Å². The fraction of sp³-hybridized carbons (Fsp3) is 0.700. The average Bonchev–Trinajstić information content (AvgIpc) is 2.24. The topological polar surface area (TPSA) is 84.2 Å². The summed E-state index contributed by atoms with van der Waals surface area (Å²) in [5, 5.41) is 5.12.